The molecule has 0 amide bonds. The third-order valence-electron chi connectivity index (χ3n) is 4.48. The molecule has 0 bridgehead atoms. The Morgan fingerprint density at radius 2 is 1.56 bits per heavy atom. The minimum absolute atomic E-state index is 0.0828. The molecule has 0 unspecified atom stereocenters. The number of nitro benzene ring substituents is 1. The van der Waals surface area contributed by atoms with E-state index < -0.39 is 4.92 Å². The smallest absolute Gasteiger partial charge is 0.269 e. The minimum atomic E-state index is -0.407. The van der Waals surface area contributed by atoms with Gasteiger partial charge in [-0.15, -0.1) is 0 Å². The zero-order valence-corrected chi connectivity index (χ0v) is 15.4. The quantitative estimate of drug-likeness (QED) is 0.451. The van der Waals surface area contributed by atoms with Crippen LogP contribution in [0.25, 0.3) is 0 Å². The van der Waals surface area contributed by atoms with Crippen LogP contribution in [0.3, 0.4) is 0 Å². The number of ether oxygens (including phenoxy) is 1. The van der Waals surface area contributed by atoms with E-state index in [4.69, 9.17) is 4.74 Å². The van der Waals surface area contributed by atoms with E-state index in [0.717, 1.165) is 29.1 Å². The Balaban J connectivity index is 1.52. The maximum absolute atomic E-state index is 10.7. The SMILES string of the molecule is Cc1ccc(NCc2ccc(OCc3ccc([N+](=O)[O-])cc3)cc2)cc1C. The van der Waals surface area contributed by atoms with Crippen molar-refractivity contribution in [2.75, 3.05) is 5.32 Å². The maximum atomic E-state index is 10.7. The molecule has 3 aromatic rings. The first-order chi connectivity index (χ1) is 13.0. The molecule has 27 heavy (non-hydrogen) atoms. The molecule has 0 atom stereocenters. The van der Waals surface area contributed by atoms with Crippen molar-refractivity contribution in [2.24, 2.45) is 0 Å². The Bertz CT molecular complexity index is 919. The molecule has 138 valence electrons. The maximum Gasteiger partial charge on any atom is 0.269 e. The zero-order valence-electron chi connectivity index (χ0n) is 15.4. The van der Waals surface area contributed by atoms with E-state index in [1.54, 1.807) is 12.1 Å². The van der Waals surface area contributed by atoms with Crippen LogP contribution in [0.15, 0.2) is 66.7 Å². The Labute approximate surface area is 158 Å². The van der Waals surface area contributed by atoms with Crippen LogP contribution in [0.2, 0.25) is 0 Å². The van der Waals surface area contributed by atoms with E-state index in [2.05, 4.69) is 37.4 Å². The minimum Gasteiger partial charge on any atom is -0.489 e. The van der Waals surface area contributed by atoms with Crippen LogP contribution in [-0.4, -0.2) is 4.92 Å². The van der Waals surface area contributed by atoms with Gasteiger partial charge in [-0.05, 0) is 72.5 Å². The first kappa shape index (κ1) is 18.5. The van der Waals surface area contributed by atoms with Gasteiger partial charge in [0.2, 0.25) is 0 Å². The fourth-order valence-electron chi connectivity index (χ4n) is 2.64. The fourth-order valence-corrected chi connectivity index (χ4v) is 2.64. The van der Waals surface area contributed by atoms with Gasteiger partial charge in [0.05, 0.1) is 4.92 Å². The average molecular weight is 362 g/mol. The van der Waals surface area contributed by atoms with Crippen LogP contribution in [0.1, 0.15) is 22.3 Å². The number of nitrogens with one attached hydrogen (secondary N) is 1. The summed E-state index contributed by atoms with van der Waals surface area (Å²) in [7, 11) is 0. The van der Waals surface area contributed by atoms with Gasteiger partial charge >= 0.3 is 0 Å². The van der Waals surface area contributed by atoms with E-state index in [1.165, 1.54) is 23.3 Å². The van der Waals surface area contributed by atoms with Gasteiger partial charge in [0, 0.05) is 24.4 Å². The predicted octanol–water partition coefficient (Wildman–Crippen LogP) is 5.40. The number of hydrogen-bond donors (Lipinski definition) is 1. The summed E-state index contributed by atoms with van der Waals surface area (Å²) in [6.45, 7) is 5.33. The van der Waals surface area contributed by atoms with Crippen molar-refractivity contribution < 1.29 is 9.66 Å². The first-order valence-electron chi connectivity index (χ1n) is 8.77. The molecule has 0 aliphatic rings. The number of anilines is 1. The van der Waals surface area contributed by atoms with Crippen LogP contribution < -0.4 is 10.1 Å². The molecule has 5 heteroatoms. The highest BCUT2D eigenvalue weighted by Crippen LogP contribution is 2.18. The van der Waals surface area contributed by atoms with Crippen LogP contribution in [-0.2, 0) is 13.2 Å². The summed E-state index contributed by atoms with van der Waals surface area (Å²) in [5, 5.41) is 14.1. The van der Waals surface area contributed by atoms with Gasteiger partial charge < -0.3 is 10.1 Å². The second-order valence-electron chi connectivity index (χ2n) is 6.51. The van der Waals surface area contributed by atoms with Crippen molar-refractivity contribution in [3.05, 3.63) is 99.1 Å². The zero-order chi connectivity index (χ0) is 19.2. The fraction of sp³-hybridized carbons (Fsp3) is 0.182. The number of non-ortho nitro benzene ring substituents is 1. The number of nitrogens with zero attached hydrogens (tertiary/aromatic N) is 1. The second-order valence-corrected chi connectivity index (χ2v) is 6.51. The van der Waals surface area contributed by atoms with Gasteiger partial charge in [0.25, 0.3) is 5.69 Å². The highest BCUT2D eigenvalue weighted by atomic mass is 16.6. The first-order valence-corrected chi connectivity index (χ1v) is 8.77. The van der Waals surface area contributed by atoms with E-state index >= 15 is 0 Å². The molecule has 0 spiro atoms. The normalized spacial score (nSPS) is 10.4. The van der Waals surface area contributed by atoms with Crippen molar-refractivity contribution in [1.29, 1.82) is 0 Å². The summed E-state index contributed by atoms with van der Waals surface area (Å²) >= 11 is 0. The number of benzene rings is 3. The molecule has 0 fully saturated rings. The number of hydrogen-bond acceptors (Lipinski definition) is 4. The third kappa shape index (κ3) is 5.07. The summed E-state index contributed by atoms with van der Waals surface area (Å²) in [5.41, 5.74) is 5.80. The second kappa shape index (κ2) is 8.36. The van der Waals surface area contributed by atoms with Gasteiger partial charge in [-0.2, -0.15) is 0 Å². The molecule has 0 saturated carbocycles. The predicted molar refractivity (Wildman–Crippen MR) is 107 cm³/mol. The highest BCUT2D eigenvalue weighted by Gasteiger charge is 2.04. The molecule has 0 aromatic heterocycles. The van der Waals surface area contributed by atoms with E-state index in [9.17, 15) is 10.1 Å². The lowest BCUT2D eigenvalue weighted by Gasteiger charge is -2.10. The standard InChI is InChI=1S/C22H22N2O3/c1-16-3-8-20(13-17(16)2)23-14-18-6-11-22(12-7-18)27-15-19-4-9-21(10-5-19)24(25)26/h3-13,23H,14-15H2,1-2H3. The Morgan fingerprint density at radius 3 is 2.19 bits per heavy atom. The molecule has 3 rings (SSSR count). The Kier molecular flexibility index (Phi) is 5.71. The van der Waals surface area contributed by atoms with Gasteiger partial charge in [-0.25, -0.2) is 0 Å². The monoisotopic (exact) mass is 362 g/mol. The van der Waals surface area contributed by atoms with Crippen molar-refractivity contribution >= 4 is 11.4 Å². The molecule has 0 heterocycles. The Hall–Kier alpha value is -3.34. The van der Waals surface area contributed by atoms with E-state index in [1.807, 2.05) is 24.3 Å². The summed E-state index contributed by atoms with van der Waals surface area (Å²) in [5.74, 6) is 0.767. The van der Waals surface area contributed by atoms with E-state index in [0.29, 0.717) is 6.61 Å². The van der Waals surface area contributed by atoms with Gasteiger partial charge in [0.15, 0.2) is 0 Å². The number of rotatable bonds is 7. The van der Waals surface area contributed by atoms with Crippen molar-refractivity contribution in [1.82, 2.24) is 0 Å². The van der Waals surface area contributed by atoms with Crippen LogP contribution in [0, 0.1) is 24.0 Å². The molecule has 0 aliphatic carbocycles. The number of nitro groups is 1. The lowest BCUT2D eigenvalue weighted by Crippen LogP contribution is -2.00. The summed E-state index contributed by atoms with van der Waals surface area (Å²) in [6, 6.07) is 20.7. The summed E-state index contributed by atoms with van der Waals surface area (Å²) in [4.78, 5) is 10.3. The lowest BCUT2D eigenvalue weighted by molar-refractivity contribution is -0.384. The largest absolute Gasteiger partial charge is 0.489 e. The molecule has 1 N–H and O–H groups in total. The molecular weight excluding hydrogens is 340 g/mol. The van der Waals surface area contributed by atoms with Crippen molar-refractivity contribution in [2.45, 2.75) is 27.0 Å². The van der Waals surface area contributed by atoms with Crippen LogP contribution in [0.4, 0.5) is 11.4 Å². The Morgan fingerprint density at radius 1 is 0.889 bits per heavy atom. The molecule has 3 aromatic carbocycles. The van der Waals surface area contributed by atoms with Crippen LogP contribution in [0.5, 0.6) is 5.75 Å². The molecule has 5 nitrogen and oxygen atoms in total. The van der Waals surface area contributed by atoms with Crippen molar-refractivity contribution in [3.8, 4) is 5.75 Å². The number of aryl methyl sites for hydroxylation is 2. The molecular formula is C22H22N2O3. The van der Waals surface area contributed by atoms with Gasteiger partial charge in [0.1, 0.15) is 12.4 Å². The lowest BCUT2D eigenvalue weighted by atomic mass is 10.1. The van der Waals surface area contributed by atoms with E-state index in [-0.39, 0.29) is 5.69 Å². The molecule has 0 aliphatic heterocycles. The summed E-state index contributed by atoms with van der Waals surface area (Å²) < 4.78 is 5.75. The average Bonchev–Trinajstić information content (AvgIpc) is 2.68. The molecule has 0 saturated heterocycles. The third-order valence-corrected chi connectivity index (χ3v) is 4.48. The van der Waals surface area contributed by atoms with Gasteiger partial charge in [-0.1, -0.05) is 18.2 Å². The van der Waals surface area contributed by atoms with Crippen LogP contribution >= 0.6 is 0 Å². The topological polar surface area (TPSA) is 64.4 Å². The van der Waals surface area contributed by atoms with Crippen molar-refractivity contribution in [3.63, 3.8) is 0 Å². The summed E-state index contributed by atoms with van der Waals surface area (Å²) in [6.07, 6.45) is 0. The molecule has 0 radical (unpaired) electrons. The van der Waals surface area contributed by atoms with Gasteiger partial charge in [-0.3, -0.25) is 10.1 Å². The highest BCUT2D eigenvalue weighted by molar-refractivity contribution is 5.48.